The molecule has 0 radical (unpaired) electrons. The summed E-state index contributed by atoms with van der Waals surface area (Å²) in [7, 11) is 0. The van der Waals surface area contributed by atoms with Crippen LogP contribution in [0.15, 0.2) is 72.9 Å². The molecule has 2 aliphatic heterocycles. The van der Waals surface area contributed by atoms with Gasteiger partial charge in [-0.05, 0) is 71.6 Å². The number of rotatable bonds is 6. The minimum absolute atomic E-state index is 0.714. The highest BCUT2D eigenvalue weighted by Crippen LogP contribution is 2.31. The van der Waals surface area contributed by atoms with Gasteiger partial charge in [0.25, 0.3) is 0 Å². The quantitative estimate of drug-likeness (QED) is 0.319. The molecule has 0 amide bonds. The summed E-state index contributed by atoms with van der Waals surface area (Å²) in [6, 6.07) is 23.4. The van der Waals surface area contributed by atoms with Crippen LogP contribution in [0.3, 0.4) is 0 Å². The first-order valence-electron chi connectivity index (χ1n) is 13.0. The van der Waals surface area contributed by atoms with Gasteiger partial charge in [0.15, 0.2) is 0 Å². The lowest BCUT2D eigenvalue weighted by Crippen LogP contribution is -2.36. The summed E-state index contributed by atoms with van der Waals surface area (Å²) in [5.74, 6) is 1.58. The Labute approximate surface area is 218 Å². The molecule has 1 saturated heterocycles. The van der Waals surface area contributed by atoms with E-state index in [4.69, 9.17) is 16.3 Å². The first kappa shape index (κ1) is 23.5. The molecule has 1 N–H and O–H groups in total. The predicted molar refractivity (Wildman–Crippen MR) is 146 cm³/mol. The van der Waals surface area contributed by atoms with Crippen molar-refractivity contribution in [2.24, 2.45) is 5.92 Å². The Kier molecular flexibility index (Phi) is 6.91. The second-order valence-corrected chi connectivity index (χ2v) is 10.5. The molecule has 0 aliphatic carbocycles. The summed E-state index contributed by atoms with van der Waals surface area (Å²) >= 11 is 6.63. The van der Waals surface area contributed by atoms with E-state index in [0.29, 0.717) is 5.02 Å². The number of benzene rings is 3. The molecular formula is C31H32ClN3O. The van der Waals surface area contributed by atoms with Crippen molar-refractivity contribution >= 4 is 11.6 Å². The molecule has 184 valence electrons. The highest BCUT2D eigenvalue weighted by Gasteiger charge is 2.23. The molecule has 0 atom stereocenters. The second kappa shape index (κ2) is 10.6. The molecule has 1 fully saturated rings. The number of hydrogen-bond acceptors (Lipinski definition) is 3. The molecule has 3 aromatic carbocycles. The zero-order chi connectivity index (χ0) is 24.3. The Morgan fingerprint density at radius 3 is 2.72 bits per heavy atom. The third kappa shape index (κ3) is 5.12. The van der Waals surface area contributed by atoms with Crippen LogP contribution in [0.1, 0.15) is 35.1 Å². The summed E-state index contributed by atoms with van der Waals surface area (Å²) in [5.41, 5.74) is 8.75. The van der Waals surface area contributed by atoms with Gasteiger partial charge >= 0.3 is 0 Å². The van der Waals surface area contributed by atoms with Gasteiger partial charge in [-0.1, -0.05) is 66.2 Å². The first-order chi connectivity index (χ1) is 17.7. The van der Waals surface area contributed by atoms with E-state index < -0.39 is 0 Å². The van der Waals surface area contributed by atoms with Crippen molar-refractivity contribution in [3.8, 4) is 22.6 Å². The molecule has 4 aromatic rings. The van der Waals surface area contributed by atoms with E-state index in [-0.39, 0.29) is 0 Å². The van der Waals surface area contributed by atoms with Gasteiger partial charge in [0.2, 0.25) is 0 Å². The number of nitrogens with one attached hydrogen (secondary N) is 1. The summed E-state index contributed by atoms with van der Waals surface area (Å²) < 4.78 is 5.55. The highest BCUT2D eigenvalue weighted by atomic mass is 35.5. The van der Waals surface area contributed by atoms with Crippen LogP contribution in [0.25, 0.3) is 22.6 Å². The molecule has 2 aliphatic rings. The fraction of sp³-hybridized carbons (Fsp3) is 0.323. The van der Waals surface area contributed by atoms with Crippen LogP contribution in [0.5, 0.6) is 0 Å². The van der Waals surface area contributed by atoms with Crippen molar-refractivity contribution in [3.63, 3.8) is 0 Å². The lowest BCUT2D eigenvalue weighted by Gasteiger charge is -2.34. The van der Waals surface area contributed by atoms with Crippen LogP contribution >= 0.6 is 11.6 Å². The van der Waals surface area contributed by atoms with Gasteiger partial charge in [0.05, 0.1) is 16.9 Å². The van der Waals surface area contributed by atoms with E-state index in [1.807, 2.05) is 30.5 Å². The summed E-state index contributed by atoms with van der Waals surface area (Å²) in [6.45, 7) is 5.24. The lowest BCUT2D eigenvalue weighted by molar-refractivity contribution is 0.0506. The lowest BCUT2D eigenvalue weighted by atomic mass is 9.90. The third-order valence-corrected chi connectivity index (χ3v) is 7.97. The summed E-state index contributed by atoms with van der Waals surface area (Å²) in [4.78, 5) is 10.7. The van der Waals surface area contributed by atoms with Crippen LogP contribution in [-0.4, -0.2) is 41.2 Å². The zero-order valence-electron chi connectivity index (χ0n) is 20.6. The van der Waals surface area contributed by atoms with E-state index in [0.717, 1.165) is 67.7 Å². The fourth-order valence-corrected chi connectivity index (χ4v) is 5.88. The minimum atomic E-state index is 0.714. The highest BCUT2D eigenvalue weighted by molar-refractivity contribution is 6.33. The largest absolute Gasteiger partial charge is 0.381 e. The smallest absolute Gasteiger partial charge is 0.139 e. The van der Waals surface area contributed by atoms with Crippen molar-refractivity contribution in [1.29, 1.82) is 0 Å². The molecular weight excluding hydrogens is 466 g/mol. The van der Waals surface area contributed by atoms with Crippen molar-refractivity contribution in [3.05, 3.63) is 100 Å². The molecule has 5 heteroatoms. The van der Waals surface area contributed by atoms with Gasteiger partial charge in [0.1, 0.15) is 5.82 Å². The second-order valence-electron chi connectivity index (χ2n) is 10.1. The van der Waals surface area contributed by atoms with Gasteiger partial charge in [-0.3, -0.25) is 4.90 Å². The monoisotopic (exact) mass is 497 g/mol. The maximum absolute atomic E-state index is 6.63. The third-order valence-electron chi connectivity index (χ3n) is 7.64. The predicted octanol–water partition coefficient (Wildman–Crippen LogP) is 6.77. The van der Waals surface area contributed by atoms with Crippen LogP contribution < -0.4 is 0 Å². The Bertz CT molecular complexity index is 1330. The van der Waals surface area contributed by atoms with Gasteiger partial charge < -0.3 is 9.72 Å². The van der Waals surface area contributed by atoms with E-state index in [1.165, 1.54) is 41.6 Å². The van der Waals surface area contributed by atoms with Gasteiger partial charge in [-0.15, -0.1) is 0 Å². The zero-order valence-corrected chi connectivity index (χ0v) is 21.3. The standard InChI is InChI=1S/C31H32ClN3O/c32-29-10-9-23(18-28(29)31-33-19-30(34-31)24-5-2-1-3-6-24)17-25-7-4-8-26-21-35(14-11-27(25)26)20-22-12-15-36-16-13-22/h1-10,18-19,22H,11-17,20-21H2,(H,33,34). The number of aromatic amines is 1. The van der Waals surface area contributed by atoms with Crippen LogP contribution in [0.4, 0.5) is 0 Å². The van der Waals surface area contributed by atoms with Gasteiger partial charge in [-0.25, -0.2) is 4.98 Å². The van der Waals surface area contributed by atoms with Gasteiger partial charge in [-0.2, -0.15) is 0 Å². The van der Waals surface area contributed by atoms with Crippen molar-refractivity contribution in [1.82, 2.24) is 14.9 Å². The van der Waals surface area contributed by atoms with E-state index in [9.17, 15) is 0 Å². The fourth-order valence-electron chi connectivity index (χ4n) is 5.67. The molecule has 0 bridgehead atoms. The van der Waals surface area contributed by atoms with Crippen molar-refractivity contribution in [2.45, 2.75) is 32.2 Å². The number of H-pyrrole nitrogens is 1. The first-order valence-corrected chi connectivity index (χ1v) is 13.4. The van der Waals surface area contributed by atoms with Gasteiger partial charge in [0, 0.05) is 38.4 Å². The molecule has 4 nitrogen and oxygen atoms in total. The number of fused-ring (bicyclic) bond motifs is 1. The Morgan fingerprint density at radius 1 is 1.00 bits per heavy atom. The number of ether oxygens (including phenoxy) is 1. The van der Waals surface area contributed by atoms with E-state index >= 15 is 0 Å². The maximum atomic E-state index is 6.63. The molecule has 0 saturated carbocycles. The molecule has 36 heavy (non-hydrogen) atoms. The van der Waals surface area contributed by atoms with Crippen molar-refractivity contribution in [2.75, 3.05) is 26.3 Å². The minimum Gasteiger partial charge on any atom is -0.381 e. The SMILES string of the molecule is Clc1ccc(Cc2cccc3c2CCN(CC2CCOCC2)C3)cc1-c1ncc(-c2ccccc2)[nH]1. The summed E-state index contributed by atoms with van der Waals surface area (Å²) in [6.07, 6.45) is 6.30. The maximum Gasteiger partial charge on any atom is 0.139 e. The van der Waals surface area contributed by atoms with Crippen molar-refractivity contribution < 1.29 is 4.74 Å². The number of hydrogen-bond donors (Lipinski definition) is 1. The topological polar surface area (TPSA) is 41.1 Å². The molecule has 0 spiro atoms. The van der Waals surface area contributed by atoms with Crippen LogP contribution in [0.2, 0.25) is 5.02 Å². The number of imidazole rings is 1. The van der Waals surface area contributed by atoms with Crippen LogP contribution in [0, 0.1) is 5.92 Å². The van der Waals surface area contributed by atoms with E-state index in [2.05, 4.69) is 57.3 Å². The Balaban J connectivity index is 1.20. The molecule has 1 aromatic heterocycles. The number of aromatic nitrogens is 2. The van der Waals surface area contributed by atoms with E-state index in [1.54, 1.807) is 0 Å². The Hall–Kier alpha value is -2.92. The molecule has 3 heterocycles. The summed E-state index contributed by atoms with van der Waals surface area (Å²) in [5, 5.41) is 0.714. The molecule has 0 unspecified atom stereocenters. The molecule has 6 rings (SSSR count). The number of halogens is 1. The Morgan fingerprint density at radius 2 is 1.86 bits per heavy atom. The number of nitrogens with zero attached hydrogens (tertiary/aromatic N) is 2. The van der Waals surface area contributed by atoms with Crippen LogP contribution in [-0.2, 0) is 24.1 Å². The average Bonchev–Trinajstić information content (AvgIpc) is 3.41. The average molecular weight is 498 g/mol. The normalized spacial score (nSPS) is 16.7.